The number of anilines is 5. The number of rotatable bonds is 6. The van der Waals surface area contributed by atoms with Crippen LogP contribution in [0.4, 0.5) is 28.8 Å². The maximum atomic E-state index is 11.3. The highest BCUT2D eigenvalue weighted by Crippen LogP contribution is 2.25. The smallest absolute Gasteiger partial charge is 0.232 e. The minimum absolute atomic E-state index is 0.103. The average Bonchev–Trinajstić information content (AvgIpc) is 2.62. The summed E-state index contributed by atoms with van der Waals surface area (Å²) in [6.45, 7) is 6.26. The van der Waals surface area contributed by atoms with E-state index in [4.69, 9.17) is 0 Å². The number of carbonyl (C=O) groups excluding carboxylic acids is 1. The zero-order valence-corrected chi connectivity index (χ0v) is 15.7. The van der Waals surface area contributed by atoms with Crippen molar-refractivity contribution < 1.29 is 4.79 Å². The standard InChI is InChI=1S/C21H23N5O/c1-4-26(19-11-6-5-7-12-19)21-22-15(2)13-20(25-21)24-18-10-8-9-17(14-18)23-16(3)27/h5-14H,4H2,1-3H3,(H,23,27)(H,22,24,25). The molecule has 0 saturated heterocycles. The van der Waals surface area contributed by atoms with E-state index in [1.807, 2.05) is 67.6 Å². The van der Waals surface area contributed by atoms with Gasteiger partial charge in [-0.1, -0.05) is 24.3 Å². The fraction of sp³-hybridized carbons (Fsp3) is 0.190. The van der Waals surface area contributed by atoms with Crippen molar-refractivity contribution in [2.75, 3.05) is 22.1 Å². The Balaban J connectivity index is 1.88. The van der Waals surface area contributed by atoms with Gasteiger partial charge in [0.25, 0.3) is 0 Å². The second-order valence-corrected chi connectivity index (χ2v) is 6.16. The van der Waals surface area contributed by atoms with Crippen molar-refractivity contribution in [2.24, 2.45) is 0 Å². The molecule has 27 heavy (non-hydrogen) atoms. The molecular weight excluding hydrogens is 338 g/mol. The van der Waals surface area contributed by atoms with Crippen LogP contribution in [0.25, 0.3) is 0 Å². The van der Waals surface area contributed by atoms with Gasteiger partial charge >= 0.3 is 0 Å². The molecule has 0 bridgehead atoms. The van der Waals surface area contributed by atoms with Gasteiger partial charge in [-0.3, -0.25) is 4.79 Å². The Morgan fingerprint density at radius 1 is 1.00 bits per heavy atom. The summed E-state index contributed by atoms with van der Waals surface area (Å²) < 4.78 is 0. The van der Waals surface area contributed by atoms with Gasteiger partial charge in [-0.15, -0.1) is 0 Å². The van der Waals surface area contributed by atoms with Gasteiger partial charge < -0.3 is 15.5 Å². The summed E-state index contributed by atoms with van der Waals surface area (Å²) in [5.41, 5.74) is 3.49. The van der Waals surface area contributed by atoms with Gasteiger partial charge in [-0.05, 0) is 44.2 Å². The number of nitrogens with zero attached hydrogens (tertiary/aromatic N) is 3. The Hall–Kier alpha value is -3.41. The average molecular weight is 361 g/mol. The van der Waals surface area contributed by atoms with Gasteiger partial charge in [0.15, 0.2) is 0 Å². The molecule has 0 aliphatic heterocycles. The van der Waals surface area contributed by atoms with E-state index in [0.29, 0.717) is 11.8 Å². The minimum Gasteiger partial charge on any atom is -0.340 e. The molecule has 0 fully saturated rings. The topological polar surface area (TPSA) is 70.2 Å². The van der Waals surface area contributed by atoms with Gasteiger partial charge in [0.1, 0.15) is 5.82 Å². The lowest BCUT2D eigenvalue weighted by Crippen LogP contribution is -2.19. The van der Waals surface area contributed by atoms with E-state index in [1.54, 1.807) is 0 Å². The third kappa shape index (κ3) is 4.82. The third-order valence-electron chi connectivity index (χ3n) is 3.92. The summed E-state index contributed by atoms with van der Waals surface area (Å²) in [6, 6.07) is 19.5. The van der Waals surface area contributed by atoms with Crippen molar-refractivity contribution in [3.8, 4) is 0 Å². The molecule has 138 valence electrons. The van der Waals surface area contributed by atoms with Crippen LogP contribution in [0.1, 0.15) is 19.5 Å². The van der Waals surface area contributed by atoms with Crippen LogP contribution in [0, 0.1) is 6.92 Å². The zero-order valence-electron chi connectivity index (χ0n) is 15.7. The summed E-state index contributed by atoms with van der Waals surface area (Å²) in [5.74, 6) is 1.24. The summed E-state index contributed by atoms with van der Waals surface area (Å²) in [6.07, 6.45) is 0. The lowest BCUT2D eigenvalue weighted by atomic mass is 10.2. The Bertz CT molecular complexity index is 927. The minimum atomic E-state index is -0.103. The molecule has 0 aliphatic carbocycles. The monoisotopic (exact) mass is 361 g/mol. The van der Waals surface area contributed by atoms with Crippen LogP contribution < -0.4 is 15.5 Å². The number of aryl methyl sites for hydroxylation is 1. The number of para-hydroxylation sites is 1. The van der Waals surface area contributed by atoms with E-state index in [0.717, 1.165) is 29.3 Å². The van der Waals surface area contributed by atoms with Gasteiger partial charge in [-0.2, -0.15) is 4.98 Å². The van der Waals surface area contributed by atoms with E-state index in [2.05, 4.69) is 32.4 Å². The van der Waals surface area contributed by atoms with Crippen LogP contribution >= 0.6 is 0 Å². The molecule has 0 unspecified atom stereocenters. The first kappa shape index (κ1) is 18.4. The van der Waals surface area contributed by atoms with Gasteiger partial charge in [0.2, 0.25) is 11.9 Å². The molecule has 0 aliphatic rings. The third-order valence-corrected chi connectivity index (χ3v) is 3.92. The fourth-order valence-corrected chi connectivity index (χ4v) is 2.81. The highest BCUT2D eigenvalue weighted by Gasteiger charge is 2.12. The molecule has 1 amide bonds. The Kier molecular flexibility index (Phi) is 5.66. The van der Waals surface area contributed by atoms with Crippen molar-refractivity contribution in [1.29, 1.82) is 0 Å². The van der Waals surface area contributed by atoms with Crippen molar-refractivity contribution in [3.05, 3.63) is 66.4 Å². The Morgan fingerprint density at radius 3 is 2.44 bits per heavy atom. The predicted octanol–water partition coefficient (Wildman–Crippen LogP) is 4.65. The van der Waals surface area contributed by atoms with E-state index < -0.39 is 0 Å². The molecular formula is C21H23N5O. The van der Waals surface area contributed by atoms with Crippen LogP contribution in [-0.2, 0) is 4.79 Å². The lowest BCUT2D eigenvalue weighted by Gasteiger charge is -2.22. The summed E-state index contributed by atoms with van der Waals surface area (Å²) in [7, 11) is 0. The summed E-state index contributed by atoms with van der Waals surface area (Å²) in [4.78, 5) is 22.6. The van der Waals surface area contributed by atoms with Crippen molar-refractivity contribution in [3.63, 3.8) is 0 Å². The van der Waals surface area contributed by atoms with E-state index in [1.165, 1.54) is 6.92 Å². The molecule has 3 aromatic rings. The number of carbonyl (C=O) groups is 1. The first-order chi connectivity index (χ1) is 13.0. The molecule has 0 spiro atoms. The molecule has 2 N–H and O–H groups in total. The maximum absolute atomic E-state index is 11.3. The van der Waals surface area contributed by atoms with E-state index >= 15 is 0 Å². The highest BCUT2D eigenvalue weighted by atomic mass is 16.1. The normalized spacial score (nSPS) is 10.3. The predicted molar refractivity (Wildman–Crippen MR) is 110 cm³/mol. The van der Waals surface area contributed by atoms with Gasteiger partial charge in [0, 0.05) is 42.3 Å². The molecule has 6 heteroatoms. The van der Waals surface area contributed by atoms with Crippen LogP contribution in [0.15, 0.2) is 60.7 Å². The number of benzene rings is 2. The highest BCUT2D eigenvalue weighted by molar-refractivity contribution is 5.89. The molecule has 3 rings (SSSR count). The van der Waals surface area contributed by atoms with Crippen LogP contribution in [0.5, 0.6) is 0 Å². The molecule has 6 nitrogen and oxygen atoms in total. The zero-order chi connectivity index (χ0) is 19.2. The fourth-order valence-electron chi connectivity index (χ4n) is 2.81. The molecule has 0 radical (unpaired) electrons. The number of hydrogen-bond acceptors (Lipinski definition) is 5. The number of hydrogen-bond donors (Lipinski definition) is 2. The molecule has 2 aromatic carbocycles. The maximum Gasteiger partial charge on any atom is 0.232 e. The molecule has 0 saturated carbocycles. The first-order valence-electron chi connectivity index (χ1n) is 8.88. The van der Waals surface area contributed by atoms with Crippen LogP contribution in [0.2, 0.25) is 0 Å². The summed E-state index contributed by atoms with van der Waals surface area (Å²) >= 11 is 0. The van der Waals surface area contributed by atoms with Crippen LogP contribution in [0.3, 0.4) is 0 Å². The quantitative estimate of drug-likeness (QED) is 0.669. The van der Waals surface area contributed by atoms with Crippen molar-refractivity contribution in [1.82, 2.24) is 9.97 Å². The first-order valence-corrected chi connectivity index (χ1v) is 8.88. The Labute approximate surface area is 159 Å². The van der Waals surface area contributed by atoms with Crippen LogP contribution in [-0.4, -0.2) is 22.4 Å². The number of amides is 1. The van der Waals surface area contributed by atoms with Gasteiger partial charge in [0.05, 0.1) is 0 Å². The lowest BCUT2D eigenvalue weighted by molar-refractivity contribution is -0.114. The second kappa shape index (κ2) is 8.31. The molecule has 1 aromatic heterocycles. The number of aromatic nitrogens is 2. The molecule has 0 atom stereocenters. The second-order valence-electron chi connectivity index (χ2n) is 6.16. The molecule has 1 heterocycles. The largest absolute Gasteiger partial charge is 0.340 e. The van der Waals surface area contributed by atoms with Gasteiger partial charge in [-0.25, -0.2) is 4.98 Å². The Morgan fingerprint density at radius 2 is 1.74 bits per heavy atom. The van der Waals surface area contributed by atoms with E-state index in [-0.39, 0.29) is 5.91 Å². The van der Waals surface area contributed by atoms with Crippen molar-refractivity contribution in [2.45, 2.75) is 20.8 Å². The number of nitrogens with one attached hydrogen (secondary N) is 2. The summed E-state index contributed by atoms with van der Waals surface area (Å²) in [5, 5.41) is 6.08. The SMILES string of the molecule is CCN(c1ccccc1)c1nc(C)cc(Nc2cccc(NC(C)=O)c2)n1. The van der Waals surface area contributed by atoms with E-state index in [9.17, 15) is 4.79 Å². The van der Waals surface area contributed by atoms with Crippen molar-refractivity contribution >= 4 is 34.7 Å².